The van der Waals surface area contributed by atoms with E-state index in [9.17, 15) is 8.42 Å². The SMILES string of the molecule is CC1CC1CN(Cc1cnn(C)c1)c1cc(-c2nnc([C@](C)(N)Cc3ccccc3)o2)c(Cl)c(N(C)S(C)(=O)=O)n1. The highest BCUT2D eigenvalue weighted by Gasteiger charge is 2.35. The quantitative estimate of drug-likeness (QED) is 0.272. The van der Waals surface area contributed by atoms with Crippen molar-refractivity contribution in [1.82, 2.24) is 25.0 Å². The molecule has 2 N–H and O–H groups in total. The Bertz CT molecular complexity index is 1640. The Morgan fingerprint density at radius 2 is 1.93 bits per heavy atom. The zero-order valence-electron chi connectivity index (χ0n) is 23.8. The van der Waals surface area contributed by atoms with Crippen LogP contribution in [0, 0.1) is 11.8 Å². The molecule has 1 fully saturated rings. The van der Waals surface area contributed by atoms with Crippen LogP contribution >= 0.6 is 11.6 Å². The second kappa shape index (κ2) is 11.1. The molecular formula is C28H35ClN8O3S. The van der Waals surface area contributed by atoms with Gasteiger partial charge in [-0.25, -0.2) is 13.4 Å². The van der Waals surface area contributed by atoms with E-state index in [-0.39, 0.29) is 22.6 Å². The Balaban J connectivity index is 1.57. The van der Waals surface area contributed by atoms with Crippen LogP contribution in [0.25, 0.3) is 11.5 Å². The average molecular weight is 599 g/mol. The summed E-state index contributed by atoms with van der Waals surface area (Å²) >= 11 is 6.82. The molecule has 3 atom stereocenters. The molecule has 0 amide bonds. The molecule has 0 radical (unpaired) electrons. The predicted molar refractivity (Wildman–Crippen MR) is 159 cm³/mol. The molecular weight excluding hydrogens is 564 g/mol. The molecule has 4 aromatic rings. The number of rotatable bonds is 11. The first-order chi connectivity index (χ1) is 19.3. The summed E-state index contributed by atoms with van der Waals surface area (Å²) in [6, 6.07) is 11.6. The van der Waals surface area contributed by atoms with Gasteiger partial charge >= 0.3 is 0 Å². The Morgan fingerprint density at radius 1 is 1.22 bits per heavy atom. The molecule has 218 valence electrons. The minimum Gasteiger partial charge on any atom is -0.419 e. The lowest BCUT2D eigenvalue weighted by atomic mass is 9.94. The molecule has 3 heterocycles. The van der Waals surface area contributed by atoms with Crippen molar-refractivity contribution in [3.05, 3.63) is 70.8 Å². The van der Waals surface area contributed by atoms with E-state index in [2.05, 4.69) is 27.1 Å². The van der Waals surface area contributed by atoms with Crippen LogP contribution in [-0.4, -0.2) is 53.2 Å². The Kier molecular flexibility index (Phi) is 7.84. The fourth-order valence-electron chi connectivity index (χ4n) is 4.79. The van der Waals surface area contributed by atoms with Crippen molar-refractivity contribution in [1.29, 1.82) is 0 Å². The number of aryl methyl sites for hydroxylation is 1. The molecule has 0 bridgehead atoms. The zero-order valence-corrected chi connectivity index (χ0v) is 25.4. The summed E-state index contributed by atoms with van der Waals surface area (Å²) in [4.78, 5) is 6.86. The first-order valence-corrected chi connectivity index (χ1v) is 15.6. The molecule has 1 aromatic carbocycles. The smallest absolute Gasteiger partial charge is 0.249 e. The molecule has 0 saturated heterocycles. The summed E-state index contributed by atoms with van der Waals surface area (Å²) in [5.41, 5.74) is 8.08. The van der Waals surface area contributed by atoms with Crippen LogP contribution in [0.2, 0.25) is 5.02 Å². The van der Waals surface area contributed by atoms with Crippen LogP contribution < -0.4 is 14.9 Å². The van der Waals surface area contributed by atoms with Crippen molar-refractivity contribution in [3.63, 3.8) is 0 Å². The second-order valence-corrected chi connectivity index (χ2v) is 13.7. The molecule has 1 aliphatic rings. The van der Waals surface area contributed by atoms with Crippen molar-refractivity contribution in [2.75, 3.05) is 29.1 Å². The third-order valence-electron chi connectivity index (χ3n) is 7.47. The maximum atomic E-state index is 12.6. The number of sulfonamides is 1. The van der Waals surface area contributed by atoms with Crippen LogP contribution in [0.1, 0.15) is 37.3 Å². The maximum absolute atomic E-state index is 12.6. The number of halogens is 1. The van der Waals surface area contributed by atoms with Gasteiger partial charge in [-0.15, -0.1) is 10.2 Å². The fourth-order valence-corrected chi connectivity index (χ4v) is 5.59. The van der Waals surface area contributed by atoms with Crippen LogP contribution in [0.15, 0.2) is 53.2 Å². The summed E-state index contributed by atoms with van der Waals surface area (Å²) < 4.78 is 34.1. The van der Waals surface area contributed by atoms with E-state index in [0.29, 0.717) is 36.2 Å². The van der Waals surface area contributed by atoms with Gasteiger partial charge in [0.1, 0.15) is 5.82 Å². The Hall–Kier alpha value is -3.48. The van der Waals surface area contributed by atoms with E-state index in [1.165, 1.54) is 7.05 Å². The van der Waals surface area contributed by atoms with E-state index in [1.54, 1.807) is 10.7 Å². The molecule has 41 heavy (non-hydrogen) atoms. The van der Waals surface area contributed by atoms with Gasteiger partial charge in [-0.3, -0.25) is 8.99 Å². The van der Waals surface area contributed by atoms with Gasteiger partial charge in [-0.1, -0.05) is 48.9 Å². The van der Waals surface area contributed by atoms with Crippen LogP contribution in [0.4, 0.5) is 11.6 Å². The third kappa shape index (κ3) is 6.55. The maximum Gasteiger partial charge on any atom is 0.249 e. The van der Waals surface area contributed by atoms with Crippen molar-refractivity contribution in [2.45, 2.75) is 38.8 Å². The standard InChI is InChI=1S/C28H35ClN8O3S/c1-18-11-21(18)17-37(16-20-14-31-35(3)15-20)23-12-22(24(29)25(32-23)36(4)41(5,38)39)26-33-34-27(40-26)28(2,30)13-19-9-7-6-8-10-19/h6-10,12,14-15,18,21H,11,13,16-17,30H2,1-5H3/t18?,21?,28-/m1/s1. The normalized spacial score (nSPS) is 18.2. The highest BCUT2D eigenvalue weighted by molar-refractivity contribution is 7.92. The molecule has 2 unspecified atom stereocenters. The Labute approximate surface area is 245 Å². The van der Waals surface area contributed by atoms with Crippen molar-refractivity contribution in [2.24, 2.45) is 24.6 Å². The highest BCUT2D eigenvalue weighted by atomic mass is 35.5. The molecule has 3 aromatic heterocycles. The number of nitrogens with zero attached hydrogens (tertiary/aromatic N) is 7. The number of hydrogen-bond donors (Lipinski definition) is 1. The number of hydrogen-bond acceptors (Lipinski definition) is 9. The number of nitrogens with two attached hydrogens (primary N) is 1. The molecule has 5 rings (SSSR count). The number of pyridine rings is 1. The minimum atomic E-state index is -3.68. The van der Waals surface area contributed by atoms with E-state index >= 15 is 0 Å². The van der Waals surface area contributed by atoms with Crippen LogP contribution in [0.3, 0.4) is 0 Å². The van der Waals surface area contributed by atoms with Gasteiger partial charge < -0.3 is 15.1 Å². The Morgan fingerprint density at radius 3 is 2.54 bits per heavy atom. The van der Waals surface area contributed by atoms with Crippen LogP contribution in [-0.2, 0) is 35.6 Å². The first-order valence-electron chi connectivity index (χ1n) is 13.4. The van der Waals surface area contributed by atoms with Crippen LogP contribution in [0.5, 0.6) is 0 Å². The molecule has 11 nitrogen and oxygen atoms in total. The summed E-state index contributed by atoms with van der Waals surface area (Å²) in [6.07, 6.45) is 6.45. The topological polar surface area (TPSA) is 136 Å². The summed E-state index contributed by atoms with van der Waals surface area (Å²) in [5.74, 6) is 2.07. The van der Waals surface area contributed by atoms with Gasteiger partial charge in [0.2, 0.25) is 21.8 Å². The largest absolute Gasteiger partial charge is 0.419 e. The fraction of sp³-hybridized carbons (Fsp3) is 0.429. The lowest BCUT2D eigenvalue weighted by Gasteiger charge is -2.26. The van der Waals surface area contributed by atoms with Gasteiger partial charge in [-0.2, -0.15) is 5.10 Å². The summed E-state index contributed by atoms with van der Waals surface area (Å²) in [6.45, 7) is 5.31. The monoisotopic (exact) mass is 598 g/mol. The number of anilines is 2. The second-order valence-electron chi connectivity index (χ2n) is 11.3. The average Bonchev–Trinajstić information content (AvgIpc) is 3.25. The molecule has 1 saturated carbocycles. The molecule has 1 aliphatic carbocycles. The molecule has 13 heteroatoms. The zero-order chi connectivity index (χ0) is 29.5. The van der Waals surface area contributed by atoms with E-state index in [0.717, 1.165) is 34.7 Å². The first kappa shape index (κ1) is 29.0. The van der Waals surface area contributed by atoms with E-state index < -0.39 is 15.6 Å². The van der Waals surface area contributed by atoms with Crippen molar-refractivity contribution >= 4 is 33.3 Å². The van der Waals surface area contributed by atoms with E-state index in [1.807, 2.05) is 56.7 Å². The highest BCUT2D eigenvalue weighted by Crippen LogP contribution is 2.42. The summed E-state index contributed by atoms with van der Waals surface area (Å²) in [5, 5.41) is 12.9. The van der Waals surface area contributed by atoms with Gasteiger partial charge in [0.15, 0.2) is 5.82 Å². The van der Waals surface area contributed by atoms with Gasteiger partial charge in [0.05, 0.1) is 28.6 Å². The molecule has 0 aliphatic heterocycles. The number of benzene rings is 1. The van der Waals surface area contributed by atoms with Gasteiger partial charge in [0.25, 0.3) is 0 Å². The van der Waals surface area contributed by atoms with E-state index in [4.69, 9.17) is 26.7 Å². The third-order valence-corrected chi connectivity index (χ3v) is 9.01. The predicted octanol–water partition coefficient (Wildman–Crippen LogP) is 3.99. The minimum absolute atomic E-state index is 0.0706. The van der Waals surface area contributed by atoms with Crippen molar-refractivity contribution < 1.29 is 12.8 Å². The lowest BCUT2D eigenvalue weighted by Crippen LogP contribution is -2.35. The molecule has 0 spiro atoms. The summed E-state index contributed by atoms with van der Waals surface area (Å²) in [7, 11) is -0.395. The van der Waals surface area contributed by atoms with Gasteiger partial charge in [0, 0.05) is 38.9 Å². The van der Waals surface area contributed by atoms with Gasteiger partial charge in [-0.05, 0) is 43.2 Å². The van der Waals surface area contributed by atoms with Crippen molar-refractivity contribution in [3.8, 4) is 11.5 Å². The number of aromatic nitrogens is 5. The lowest BCUT2D eigenvalue weighted by molar-refractivity contribution is 0.355.